The minimum Gasteiger partial charge on any atom is -0.420 e. The third-order valence-electron chi connectivity index (χ3n) is 3.63. The van der Waals surface area contributed by atoms with Crippen molar-refractivity contribution in [3.05, 3.63) is 35.2 Å². The molecule has 1 saturated carbocycles. The molecule has 0 radical (unpaired) electrons. The summed E-state index contributed by atoms with van der Waals surface area (Å²) in [5, 5.41) is 8.95. The Labute approximate surface area is 117 Å². The van der Waals surface area contributed by atoms with Crippen LogP contribution >= 0.6 is 11.6 Å². The molecule has 0 atom stereocenters. The minimum atomic E-state index is 0.326. The monoisotopic (exact) mass is 277 g/mol. The van der Waals surface area contributed by atoms with Gasteiger partial charge in [-0.05, 0) is 43.9 Å². The van der Waals surface area contributed by atoms with E-state index in [1.807, 2.05) is 24.3 Å². The lowest BCUT2D eigenvalue weighted by Gasteiger charge is -2.23. The Balaban J connectivity index is 1.80. The van der Waals surface area contributed by atoms with Crippen LogP contribution in [0.5, 0.6) is 0 Å². The number of nitrogens with two attached hydrogens (primary N) is 1. The third-order valence-corrected chi connectivity index (χ3v) is 3.87. The van der Waals surface area contributed by atoms with E-state index in [1.54, 1.807) is 0 Å². The van der Waals surface area contributed by atoms with Gasteiger partial charge in [-0.3, -0.25) is 0 Å². The van der Waals surface area contributed by atoms with E-state index in [4.69, 9.17) is 21.8 Å². The number of hydrogen-bond donors (Lipinski definition) is 1. The van der Waals surface area contributed by atoms with Gasteiger partial charge in [0.1, 0.15) is 0 Å². The first-order valence-electron chi connectivity index (χ1n) is 6.57. The Morgan fingerprint density at radius 2 is 1.95 bits per heavy atom. The van der Waals surface area contributed by atoms with Gasteiger partial charge in [0.15, 0.2) is 0 Å². The molecule has 0 unspecified atom stereocenters. The van der Waals surface area contributed by atoms with E-state index >= 15 is 0 Å². The van der Waals surface area contributed by atoms with E-state index in [-0.39, 0.29) is 0 Å². The number of rotatable bonds is 2. The second-order valence-corrected chi connectivity index (χ2v) is 5.50. The highest BCUT2D eigenvalue weighted by Crippen LogP contribution is 2.33. The van der Waals surface area contributed by atoms with Crippen LogP contribution in [0.2, 0.25) is 5.02 Å². The average Bonchev–Trinajstić information content (AvgIpc) is 2.89. The summed E-state index contributed by atoms with van der Waals surface area (Å²) in [6.07, 6.45) is 4.11. The number of hydrogen-bond acceptors (Lipinski definition) is 4. The average molecular weight is 278 g/mol. The molecule has 5 heteroatoms. The zero-order valence-corrected chi connectivity index (χ0v) is 11.3. The summed E-state index contributed by atoms with van der Waals surface area (Å²) < 4.78 is 5.78. The summed E-state index contributed by atoms with van der Waals surface area (Å²) >= 11 is 5.96. The number of nitrogens with zero attached hydrogens (tertiary/aromatic N) is 2. The molecule has 0 spiro atoms. The maximum Gasteiger partial charge on any atom is 0.247 e. The molecule has 1 fully saturated rings. The van der Waals surface area contributed by atoms with Gasteiger partial charge >= 0.3 is 0 Å². The molecule has 4 nitrogen and oxygen atoms in total. The third kappa shape index (κ3) is 2.80. The number of benzene rings is 1. The van der Waals surface area contributed by atoms with Crippen LogP contribution in [0, 0.1) is 0 Å². The molecule has 19 heavy (non-hydrogen) atoms. The maximum absolute atomic E-state index is 5.96. The normalized spacial score (nSPS) is 23.5. The van der Waals surface area contributed by atoms with Gasteiger partial charge in [-0.1, -0.05) is 17.7 Å². The molecule has 1 aliphatic carbocycles. The summed E-state index contributed by atoms with van der Waals surface area (Å²) in [7, 11) is 0. The lowest BCUT2D eigenvalue weighted by molar-refractivity contribution is 0.341. The highest BCUT2D eigenvalue weighted by molar-refractivity contribution is 6.30. The van der Waals surface area contributed by atoms with Crippen LogP contribution in [-0.2, 0) is 0 Å². The molecule has 1 aromatic heterocycles. The maximum atomic E-state index is 5.96. The Bertz CT molecular complexity index is 561. The Kier molecular flexibility index (Phi) is 3.53. The smallest absolute Gasteiger partial charge is 0.247 e. The molecule has 2 aromatic rings. The van der Waals surface area contributed by atoms with Crippen molar-refractivity contribution in [3.63, 3.8) is 0 Å². The second kappa shape index (κ2) is 5.31. The van der Waals surface area contributed by atoms with E-state index in [9.17, 15) is 0 Å². The van der Waals surface area contributed by atoms with Crippen molar-refractivity contribution in [1.29, 1.82) is 0 Å². The molecule has 0 bridgehead atoms. The number of halogens is 1. The van der Waals surface area contributed by atoms with Gasteiger partial charge < -0.3 is 10.2 Å². The number of aromatic nitrogens is 2. The summed E-state index contributed by atoms with van der Waals surface area (Å²) in [5.74, 6) is 1.61. The fourth-order valence-electron chi connectivity index (χ4n) is 2.50. The molecule has 1 aliphatic rings. The summed E-state index contributed by atoms with van der Waals surface area (Å²) in [4.78, 5) is 0. The Hall–Kier alpha value is -1.39. The second-order valence-electron chi connectivity index (χ2n) is 5.07. The molecule has 0 saturated heterocycles. The van der Waals surface area contributed by atoms with Crippen molar-refractivity contribution in [2.24, 2.45) is 5.73 Å². The molecule has 2 N–H and O–H groups in total. The molecule has 1 heterocycles. The van der Waals surface area contributed by atoms with Crippen molar-refractivity contribution >= 4 is 11.6 Å². The lowest BCUT2D eigenvalue weighted by Crippen LogP contribution is -2.25. The van der Waals surface area contributed by atoms with E-state index in [0.717, 1.165) is 37.1 Å². The van der Waals surface area contributed by atoms with Crippen LogP contribution in [0.25, 0.3) is 11.5 Å². The topological polar surface area (TPSA) is 64.9 Å². The van der Waals surface area contributed by atoms with Gasteiger partial charge in [0, 0.05) is 22.5 Å². The minimum absolute atomic E-state index is 0.326. The zero-order valence-electron chi connectivity index (χ0n) is 10.6. The summed E-state index contributed by atoms with van der Waals surface area (Å²) in [6.45, 7) is 0. The SMILES string of the molecule is N[C@H]1CC[C@H](c2nnc(-c3cccc(Cl)c3)o2)CC1. The molecule has 0 amide bonds. The fraction of sp³-hybridized carbons (Fsp3) is 0.429. The van der Waals surface area contributed by atoms with Gasteiger partial charge in [-0.15, -0.1) is 10.2 Å². The van der Waals surface area contributed by atoms with Crippen LogP contribution in [-0.4, -0.2) is 16.2 Å². The van der Waals surface area contributed by atoms with Crippen LogP contribution in [0.4, 0.5) is 0 Å². The standard InChI is InChI=1S/C14H16ClN3O/c15-11-3-1-2-10(8-11)14-18-17-13(19-14)9-4-6-12(16)7-5-9/h1-3,8-9,12H,4-7,16H2/t9-,12-. The highest BCUT2D eigenvalue weighted by atomic mass is 35.5. The van der Waals surface area contributed by atoms with Gasteiger partial charge in [0.2, 0.25) is 11.8 Å². The largest absolute Gasteiger partial charge is 0.420 e. The first-order chi connectivity index (χ1) is 9.22. The van der Waals surface area contributed by atoms with Gasteiger partial charge in [0.05, 0.1) is 0 Å². The van der Waals surface area contributed by atoms with Crippen LogP contribution in [0.1, 0.15) is 37.5 Å². The fourth-order valence-corrected chi connectivity index (χ4v) is 2.69. The van der Waals surface area contributed by atoms with E-state index < -0.39 is 0 Å². The predicted octanol–water partition coefficient (Wildman–Crippen LogP) is 3.37. The summed E-state index contributed by atoms with van der Waals surface area (Å²) in [5.41, 5.74) is 6.77. The van der Waals surface area contributed by atoms with Crippen LogP contribution < -0.4 is 5.73 Å². The van der Waals surface area contributed by atoms with Crippen LogP contribution in [0.3, 0.4) is 0 Å². The Morgan fingerprint density at radius 1 is 1.16 bits per heavy atom. The molecule has 3 rings (SSSR count). The zero-order chi connectivity index (χ0) is 13.2. The Morgan fingerprint density at radius 3 is 2.68 bits per heavy atom. The molecule has 100 valence electrons. The van der Waals surface area contributed by atoms with Gasteiger partial charge in [-0.25, -0.2) is 0 Å². The van der Waals surface area contributed by atoms with Crippen molar-refractivity contribution in [2.75, 3.05) is 0 Å². The summed E-state index contributed by atoms with van der Waals surface area (Å²) in [6, 6.07) is 7.77. The van der Waals surface area contributed by atoms with Crippen molar-refractivity contribution in [2.45, 2.75) is 37.6 Å². The highest BCUT2D eigenvalue weighted by Gasteiger charge is 2.24. The molecular formula is C14H16ClN3O. The van der Waals surface area contributed by atoms with Crippen molar-refractivity contribution in [1.82, 2.24) is 10.2 Å². The molecule has 0 aliphatic heterocycles. The van der Waals surface area contributed by atoms with Crippen molar-refractivity contribution < 1.29 is 4.42 Å². The first kappa shape index (κ1) is 12.6. The molecular weight excluding hydrogens is 262 g/mol. The van der Waals surface area contributed by atoms with E-state index in [1.165, 1.54) is 0 Å². The van der Waals surface area contributed by atoms with Crippen molar-refractivity contribution in [3.8, 4) is 11.5 Å². The predicted molar refractivity (Wildman–Crippen MR) is 73.9 cm³/mol. The quantitative estimate of drug-likeness (QED) is 0.914. The lowest BCUT2D eigenvalue weighted by atomic mass is 9.86. The van der Waals surface area contributed by atoms with E-state index in [0.29, 0.717) is 22.9 Å². The molecule has 1 aromatic carbocycles. The van der Waals surface area contributed by atoms with Gasteiger partial charge in [0.25, 0.3) is 0 Å². The van der Waals surface area contributed by atoms with E-state index in [2.05, 4.69) is 10.2 Å². The first-order valence-corrected chi connectivity index (χ1v) is 6.95. The van der Waals surface area contributed by atoms with Crippen LogP contribution in [0.15, 0.2) is 28.7 Å². The van der Waals surface area contributed by atoms with Gasteiger partial charge in [-0.2, -0.15) is 0 Å².